The molecule has 0 saturated carbocycles. The van der Waals surface area contributed by atoms with Gasteiger partial charge in [0.25, 0.3) is 0 Å². The van der Waals surface area contributed by atoms with E-state index in [9.17, 15) is 43.2 Å². The lowest BCUT2D eigenvalue weighted by molar-refractivity contribution is -0.161. The number of phosphoric acid groups is 2. The van der Waals surface area contributed by atoms with Gasteiger partial charge in [-0.25, -0.2) is 9.13 Å². The van der Waals surface area contributed by atoms with E-state index in [-0.39, 0.29) is 25.7 Å². The van der Waals surface area contributed by atoms with Crippen molar-refractivity contribution in [3.8, 4) is 0 Å². The third-order valence-corrected chi connectivity index (χ3v) is 19.6. The molecule has 6 atom stereocenters. The summed E-state index contributed by atoms with van der Waals surface area (Å²) in [6.45, 7) is 11.9. The molecule has 0 bridgehead atoms. The quantitative estimate of drug-likeness (QED) is 0.0222. The summed E-state index contributed by atoms with van der Waals surface area (Å²) in [5, 5.41) is 10.6. The Hall–Kier alpha value is -1.94. The fourth-order valence-corrected chi connectivity index (χ4v) is 13.0. The van der Waals surface area contributed by atoms with Crippen LogP contribution in [-0.2, 0) is 65.4 Å². The fraction of sp³-hybridized carbons (Fsp3) is 0.947. The number of unbranched alkanes of at least 4 members (excludes halogenated alkanes) is 40. The van der Waals surface area contributed by atoms with Crippen LogP contribution in [0.1, 0.15) is 382 Å². The van der Waals surface area contributed by atoms with E-state index in [2.05, 4.69) is 48.5 Å². The van der Waals surface area contributed by atoms with Crippen LogP contribution in [-0.4, -0.2) is 96.7 Å². The Morgan fingerprint density at radius 1 is 0.309 bits per heavy atom. The van der Waals surface area contributed by atoms with E-state index in [0.717, 1.165) is 108 Å². The van der Waals surface area contributed by atoms with E-state index < -0.39 is 97.5 Å². The van der Waals surface area contributed by atoms with Crippen LogP contribution in [0.3, 0.4) is 0 Å². The predicted molar refractivity (Wildman–Crippen MR) is 381 cm³/mol. The molecule has 0 aromatic rings. The summed E-state index contributed by atoms with van der Waals surface area (Å²) in [4.78, 5) is 72.8. The summed E-state index contributed by atoms with van der Waals surface area (Å²) in [7, 11) is -9.91. The summed E-state index contributed by atoms with van der Waals surface area (Å²) in [5.74, 6) is 0.201. The number of ether oxygens (including phenoxy) is 4. The molecule has 0 rings (SSSR count). The van der Waals surface area contributed by atoms with Crippen molar-refractivity contribution >= 4 is 39.5 Å². The van der Waals surface area contributed by atoms with Gasteiger partial charge >= 0.3 is 39.5 Å². The first-order chi connectivity index (χ1) is 45.3. The van der Waals surface area contributed by atoms with Crippen LogP contribution in [0.25, 0.3) is 0 Å². The molecular weight excluding hydrogens is 1230 g/mol. The zero-order valence-corrected chi connectivity index (χ0v) is 63.2. The molecule has 0 aliphatic heterocycles. The molecular formula is C75H146O17P2. The second kappa shape index (κ2) is 65.7. The Morgan fingerprint density at radius 2 is 0.543 bits per heavy atom. The van der Waals surface area contributed by atoms with E-state index in [0.29, 0.717) is 25.7 Å². The van der Waals surface area contributed by atoms with Crippen molar-refractivity contribution in [2.24, 2.45) is 17.8 Å². The van der Waals surface area contributed by atoms with Gasteiger partial charge in [0, 0.05) is 25.7 Å². The fourth-order valence-electron chi connectivity index (χ4n) is 11.4. The van der Waals surface area contributed by atoms with Gasteiger partial charge in [0.05, 0.1) is 26.4 Å². The highest BCUT2D eigenvalue weighted by molar-refractivity contribution is 7.47. The topological polar surface area (TPSA) is 237 Å². The maximum Gasteiger partial charge on any atom is 0.472 e. The number of hydrogen-bond acceptors (Lipinski definition) is 15. The molecule has 3 N–H and O–H groups in total. The number of aliphatic hydroxyl groups excluding tert-OH is 1. The molecule has 558 valence electrons. The molecule has 0 fully saturated rings. The first kappa shape index (κ1) is 92.1. The van der Waals surface area contributed by atoms with Crippen molar-refractivity contribution in [3.63, 3.8) is 0 Å². The number of phosphoric ester groups is 2. The maximum absolute atomic E-state index is 13.1. The van der Waals surface area contributed by atoms with Crippen LogP contribution >= 0.6 is 15.6 Å². The lowest BCUT2D eigenvalue weighted by atomic mass is 9.99. The second-order valence-corrected chi connectivity index (χ2v) is 31.1. The van der Waals surface area contributed by atoms with Crippen molar-refractivity contribution in [1.82, 2.24) is 0 Å². The van der Waals surface area contributed by atoms with Crippen LogP contribution in [0.4, 0.5) is 0 Å². The Balaban J connectivity index is 5.28. The number of hydrogen-bond donors (Lipinski definition) is 3. The monoisotopic (exact) mass is 1380 g/mol. The van der Waals surface area contributed by atoms with Crippen LogP contribution < -0.4 is 0 Å². The number of esters is 4. The third kappa shape index (κ3) is 67.3. The number of rotatable bonds is 73. The van der Waals surface area contributed by atoms with Gasteiger partial charge in [0.2, 0.25) is 0 Å². The number of aliphatic hydroxyl groups is 1. The lowest BCUT2D eigenvalue weighted by Gasteiger charge is -2.21. The molecule has 0 radical (unpaired) electrons. The largest absolute Gasteiger partial charge is 0.472 e. The summed E-state index contributed by atoms with van der Waals surface area (Å²) in [6, 6.07) is 0. The molecule has 0 aliphatic rings. The molecule has 19 heteroatoms. The molecule has 0 amide bonds. The number of carbonyl (C=O) groups is 4. The van der Waals surface area contributed by atoms with Crippen molar-refractivity contribution in [2.75, 3.05) is 39.6 Å². The predicted octanol–water partition coefficient (Wildman–Crippen LogP) is 21.8. The van der Waals surface area contributed by atoms with Gasteiger partial charge in [-0.15, -0.1) is 0 Å². The van der Waals surface area contributed by atoms with Crippen molar-refractivity contribution in [2.45, 2.75) is 401 Å². The molecule has 0 heterocycles. The van der Waals surface area contributed by atoms with E-state index in [1.807, 2.05) is 0 Å². The Kier molecular flexibility index (Phi) is 64.3. The highest BCUT2D eigenvalue weighted by Crippen LogP contribution is 2.45. The molecule has 94 heavy (non-hydrogen) atoms. The van der Waals surface area contributed by atoms with Gasteiger partial charge < -0.3 is 33.8 Å². The molecule has 0 saturated heterocycles. The standard InChI is InChI=1S/C75H146O17P2/c1-8-10-11-12-13-14-15-16-17-20-29-37-44-51-58-74(79)91-71(63-86-73(78)57-50-43-36-31-24-26-33-40-47-54-67(5)6)65-90-94(83,84)88-61-69(76)60-87-93(81,82)89-64-70(92-75(80)59-52-45-38-30-21-18-19-25-32-39-46-53-66(3)4)62-85-72(77)56-49-42-35-28-23-22-27-34-41-48-55-68(7)9-2/h66-71,76H,8-65H2,1-7H3,(H,81,82)(H,83,84)/t68?,69-,70-,71-/m1/s1. The zero-order valence-electron chi connectivity index (χ0n) is 61.4. The van der Waals surface area contributed by atoms with Crippen LogP contribution in [0.5, 0.6) is 0 Å². The Morgan fingerprint density at radius 3 is 0.809 bits per heavy atom. The molecule has 17 nitrogen and oxygen atoms in total. The minimum absolute atomic E-state index is 0.106. The molecule has 0 aromatic heterocycles. The van der Waals surface area contributed by atoms with Gasteiger partial charge in [-0.05, 0) is 43.4 Å². The average molecular weight is 1380 g/mol. The first-order valence-electron chi connectivity index (χ1n) is 38.9. The van der Waals surface area contributed by atoms with Crippen molar-refractivity contribution in [3.05, 3.63) is 0 Å². The van der Waals surface area contributed by atoms with Crippen LogP contribution in [0.2, 0.25) is 0 Å². The normalized spacial score (nSPS) is 14.4. The summed E-state index contributed by atoms with van der Waals surface area (Å²) in [5.41, 5.74) is 0. The molecule has 0 aliphatic carbocycles. The molecule has 3 unspecified atom stereocenters. The van der Waals surface area contributed by atoms with Gasteiger partial charge in [0.1, 0.15) is 19.3 Å². The summed E-state index contributed by atoms with van der Waals surface area (Å²) in [6.07, 6.45) is 51.1. The minimum Gasteiger partial charge on any atom is -0.462 e. The highest BCUT2D eigenvalue weighted by Gasteiger charge is 2.30. The van der Waals surface area contributed by atoms with E-state index in [1.54, 1.807) is 0 Å². The SMILES string of the molecule is CCCCCCCCCCCCCCCCC(=O)O[C@H](COC(=O)CCCCCCCCCCCC(C)C)COP(=O)(O)OC[C@H](O)COP(=O)(O)OC[C@@H](COC(=O)CCCCCCCCCCCCC(C)CC)OC(=O)CCCCCCCCCCCCCC(C)C. The molecule has 0 spiro atoms. The first-order valence-corrected chi connectivity index (χ1v) is 41.9. The van der Waals surface area contributed by atoms with Crippen LogP contribution in [0.15, 0.2) is 0 Å². The lowest BCUT2D eigenvalue weighted by Crippen LogP contribution is -2.30. The minimum atomic E-state index is -4.96. The van der Waals surface area contributed by atoms with Crippen LogP contribution in [0, 0.1) is 17.8 Å². The Labute approximate surface area is 575 Å². The van der Waals surface area contributed by atoms with Gasteiger partial charge in [0.15, 0.2) is 12.2 Å². The van der Waals surface area contributed by atoms with Crippen molar-refractivity contribution < 1.29 is 80.2 Å². The van der Waals surface area contributed by atoms with E-state index in [1.165, 1.54) is 193 Å². The van der Waals surface area contributed by atoms with Gasteiger partial charge in [-0.2, -0.15) is 0 Å². The van der Waals surface area contributed by atoms with E-state index in [4.69, 9.17) is 37.0 Å². The second-order valence-electron chi connectivity index (χ2n) is 28.2. The third-order valence-electron chi connectivity index (χ3n) is 17.7. The number of carbonyl (C=O) groups excluding carboxylic acids is 4. The van der Waals surface area contributed by atoms with Crippen molar-refractivity contribution in [1.29, 1.82) is 0 Å². The Bertz CT molecular complexity index is 1840. The van der Waals surface area contributed by atoms with Gasteiger partial charge in [-0.3, -0.25) is 37.3 Å². The summed E-state index contributed by atoms with van der Waals surface area (Å²) < 4.78 is 68.5. The molecule has 0 aromatic carbocycles. The highest BCUT2D eigenvalue weighted by atomic mass is 31.2. The summed E-state index contributed by atoms with van der Waals surface area (Å²) >= 11 is 0. The van der Waals surface area contributed by atoms with Gasteiger partial charge in [-0.1, -0.05) is 331 Å². The van der Waals surface area contributed by atoms with E-state index >= 15 is 0 Å². The maximum atomic E-state index is 13.1. The average Bonchev–Trinajstić information content (AvgIpc) is 1.68. The smallest absolute Gasteiger partial charge is 0.462 e. The zero-order chi connectivity index (χ0) is 69.4.